The molecule has 0 saturated heterocycles. The molecule has 0 spiro atoms. The molecule has 4 rings (SSSR count). The number of aryl methyl sites for hydroxylation is 1. The maximum absolute atomic E-state index is 13.1. The third kappa shape index (κ3) is 4.08. The maximum Gasteiger partial charge on any atom is 0.417 e. The molecule has 8 nitrogen and oxygen atoms in total. The summed E-state index contributed by atoms with van der Waals surface area (Å²) in [6.07, 6.45) is -3.00. The number of aromatic nitrogens is 5. The van der Waals surface area contributed by atoms with Crippen molar-refractivity contribution in [1.82, 2.24) is 24.1 Å². The molecule has 0 amide bonds. The van der Waals surface area contributed by atoms with Crippen molar-refractivity contribution in [2.24, 2.45) is 0 Å². The second kappa shape index (κ2) is 8.19. The number of hydrogen-bond donors (Lipinski definition) is 0. The van der Waals surface area contributed by atoms with E-state index in [4.69, 9.17) is 4.74 Å². The van der Waals surface area contributed by atoms with Crippen LogP contribution in [0.2, 0.25) is 0 Å². The highest BCUT2D eigenvalue weighted by Crippen LogP contribution is 2.32. The smallest absolute Gasteiger partial charge is 0.377 e. The van der Waals surface area contributed by atoms with Crippen molar-refractivity contribution >= 4 is 11.6 Å². The fourth-order valence-electron chi connectivity index (χ4n) is 3.86. The lowest BCUT2D eigenvalue weighted by Crippen LogP contribution is -2.33. The lowest BCUT2D eigenvalue weighted by Gasteiger charge is -2.31. The van der Waals surface area contributed by atoms with Gasteiger partial charge >= 0.3 is 11.9 Å². The predicted molar refractivity (Wildman–Crippen MR) is 112 cm³/mol. The maximum atomic E-state index is 13.1. The van der Waals surface area contributed by atoms with Crippen LogP contribution in [0.4, 0.5) is 19.0 Å². The van der Waals surface area contributed by atoms with Crippen LogP contribution in [0.5, 0.6) is 0 Å². The van der Waals surface area contributed by atoms with Gasteiger partial charge in [-0.2, -0.15) is 18.2 Å². The molecule has 172 valence electrons. The molecular formula is C21H25F3N6O2. The Hall–Kier alpha value is -2.95. The van der Waals surface area contributed by atoms with Crippen molar-refractivity contribution in [2.45, 2.75) is 59.5 Å². The average molecular weight is 450 g/mol. The fraction of sp³-hybridized carbons (Fsp3) is 0.524. The molecule has 0 radical (unpaired) electrons. The van der Waals surface area contributed by atoms with Crippen LogP contribution in [0, 0.1) is 13.8 Å². The predicted octanol–water partition coefficient (Wildman–Crippen LogP) is 2.91. The number of pyridine rings is 1. The minimum Gasteiger partial charge on any atom is -0.377 e. The first-order valence-electron chi connectivity index (χ1n) is 10.4. The van der Waals surface area contributed by atoms with Gasteiger partial charge in [0.25, 0.3) is 5.78 Å². The van der Waals surface area contributed by atoms with Gasteiger partial charge in [-0.05, 0) is 39.3 Å². The van der Waals surface area contributed by atoms with Crippen LogP contribution < -0.4 is 10.6 Å². The number of ether oxygens (including phenoxy) is 1. The largest absolute Gasteiger partial charge is 0.417 e. The number of alkyl halides is 3. The van der Waals surface area contributed by atoms with Crippen LogP contribution in [0.25, 0.3) is 5.78 Å². The van der Waals surface area contributed by atoms with Gasteiger partial charge in [0.15, 0.2) is 0 Å². The molecule has 0 unspecified atom stereocenters. The summed E-state index contributed by atoms with van der Waals surface area (Å²) < 4.78 is 47.7. The summed E-state index contributed by atoms with van der Waals surface area (Å²) in [5.41, 5.74) is 1.60. The lowest BCUT2D eigenvalue weighted by atomic mass is 10.0. The Morgan fingerprint density at radius 2 is 2.00 bits per heavy atom. The average Bonchev–Trinajstić information content (AvgIpc) is 3.04. The van der Waals surface area contributed by atoms with Crippen molar-refractivity contribution in [3.8, 4) is 0 Å². The molecule has 0 N–H and O–H groups in total. The number of hydrogen-bond acceptors (Lipinski definition) is 6. The second-order valence-corrected chi connectivity index (χ2v) is 8.21. The summed E-state index contributed by atoms with van der Waals surface area (Å²) in [5, 5.41) is 4.35. The van der Waals surface area contributed by atoms with E-state index in [-0.39, 0.29) is 24.1 Å². The first-order valence-corrected chi connectivity index (χ1v) is 10.4. The van der Waals surface area contributed by atoms with Gasteiger partial charge in [-0.25, -0.2) is 13.9 Å². The summed E-state index contributed by atoms with van der Waals surface area (Å²) in [7, 11) is 0. The quantitative estimate of drug-likeness (QED) is 0.595. The Kier molecular flexibility index (Phi) is 5.70. The van der Waals surface area contributed by atoms with E-state index in [1.54, 1.807) is 0 Å². The fourth-order valence-corrected chi connectivity index (χ4v) is 3.86. The van der Waals surface area contributed by atoms with Crippen molar-refractivity contribution in [3.05, 3.63) is 50.8 Å². The normalized spacial score (nSPS) is 14.4. The van der Waals surface area contributed by atoms with Gasteiger partial charge in [0.1, 0.15) is 5.82 Å². The standard InChI is InChI=1S/C21H25F3N6O2/c1-12(2)32-8-7-29-20(31)30-14(4)13(3)18(26-19(30)27-29)28-6-5-17-15(11-28)9-16(10-25-17)21(22,23)24/h9-10,12H,5-8,11H2,1-4H3. The first-order chi connectivity index (χ1) is 15.1. The summed E-state index contributed by atoms with van der Waals surface area (Å²) >= 11 is 0. The van der Waals surface area contributed by atoms with Gasteiger partial charge in [0.05, 0.1) is 24.8 Å². The second-order valence-electron chi connectivity index (χ2n) is 8.21. The SMILES string of the molecule is Cc1c(N2CCc3ncc(C(F)(F)F)cc3C2)nc2nn(CCOC(C)C)c(=O)n2c1C. The van der Waals surface area contributed by atoms with Crippen molar-refractivity contribution in [2.75, 3.05) is 18.1 Å². The number of halogens is 3. The Labute approximate surface area is 182 Å². The zero-order valence-corrected chi connectivity index (χ0v) is 18.4. The van der Waals surface area contributed by atoms with E-state index < -0.39 is 11.7 Å². The highest BCUT2D eigenvalue weighted by molar-refractivity contribution is 5.55. The minimum absolute atomic E-state index is 0.0470. The van der Waals surface area contributed by atoms with E-state index in [9.17, 15) is 18.0 Å². The zero-order chi connectivity index (χ0) is 23.2. The van der Waals surface area contributed by atoms with Crippen LogP contribution >= 0.6 is 0 Å². The molecular weight excluding hydrogens is 425 g/mol. The zero-order valence-electron chi connectivity index (χ0n) is 18.4. The number of anilines is 1. The van der Waals surface area contributed by atoms with E-state index >= 15 is 0 Å². The highest BCUT2D eigenvalue weighted by Gasteiger charge is 2.33. The van der Waals surface area contributed by atoms with Gasteiger partial charge < -0.3 is 9.64 Å². The Bertz CT molecular complexity index is 1210. The Morgan fingerprint density at radius 1 is 1.25 bits per heavy atom. The molecule has 0 fully saturated rings. The Balaban J connectivity index is 1.68. The molecule has 3 aromatic rings. The number of fused-ring (bicyclic) bond motifs is 2. The van der Waals surface area contributed by atoms with Gasteiger partial charge in [-0.3, -0.25) is 4.98 Å². The van der Waals surface area contributed by atoms with Gasteiger partial charge in [-0.1, -0.05) is 0 Å². The molecule has 0 atom stereocenters. The molecule has 0 aromatic carbocycles. The van der Waals surface area contributed by atoms with Crippen molar-refractivity contribution in [3.63, 3.8) is 0 Å². The summed E-state index contributed by atoms with van der Waals surface area (Å²) in [5.74, 6) is 0.860. The van der Waals surface area contributed by atoms with Crippen LogP contribution in [-0.2, 0) is 30.4 Å². The Morgan fingerprint density at radius 3 is 2.69 bits per heavy atom. The molecule has 4 heterocycles. The van der Waals surface area contributed by atoms with E-state index in [0.717, 1.165) is 17.8 Å². The third-order valence-electron chi connectivity index (χ3n) is 5.66. The van der Waals surface area contributed by atoms with Gasteiger partial charge in [0.2, 0.25) is 0 Å². The van der Waals surface area contributed by atoms with Gasteiger partial charge in [-0.15, -0.1) is 5.10 Å². The molecule has 1 aliphatic heterocycles. The summed E-state index contributed by atoms with van der Waals surface area (Å²) in [6, 6.07) is 1.16. The van der Waals surface area contributed by atoms with E-state index in [0.29, 0.717) is 48.9 Å². The van der Waals surface area contributed by atoms with Crippen molar-refractivity contribution < 1.29 is 17.9 Å². The molecule has 0 aliphatic carbocycles. The van der Waals surface area contributed by atoms with E-state index in [1.165, 1.54) is 9.08 Å². The third-order valence-corrected chi connectivity index (χ3v) is 5.66. The van der Waals surface area contributed by atoms with Crippen molar-refractivity contribution in [1.29, 1.82) is 0 Å². The van der Waals surface area contributed by atoms with Gasteiger partial charge in [0, 0.05) is 42.7 Å². The van der Waals surface area contributed by atoms with Crippen LogP contribution in [0.15, 0.2) is 17.1 Å². The molecule has 32 heavy (non-hydrogen) atoms. The van der Waals surface area contributed by atoms with Crippen LogP contribution in [-0.4, -0.2) is 43.4 Å². The summed E-state index contributed by atoms with van der Waals surface area (Å²) in [6.45, 7) is 8.96. The van der Waals surface area contributed by atoms with E-state index in [2.05, 4.69) is 15.1 Å². The minimum atomic E-state index is -4.44. The molecule has 1 aliphatic rings. The molecule has 0 saturated carbocycles. The monoisotopic (exact) mass is 450 g/mol. The molecule has 0 bridgehead atoms. The number of rotatable bonds is 5. The lowest BCUT2D eigenvalue weighted by molar-refractivity contribution is -0.137. The molecule has 3 aromatic heterocycles. The van der Waals surface area contributed by atoms with E-state index in [1.807, 2.05) is 32.6 Å². The highest BCUT2D eigenvalue weighted by atomic mass is 19.4. The first kappa shape index (κ1) is 22.3. The molecule has 11 heteroatoms. The van der Waals surface area contributed by atoms with Crippen LogP contribution in [0.1, 0.15) is 41.9 Å². The van der Waals surface area contributed by atoms with Crippen LogP contribution in [0.3, 0.4) is 0 Å². The topological polar surface area (TPSA) is 77.6 Å². The summed E-state index contributed by atoms with van der Waals surface area (Å²) in [4.78, 5) is 23.3. The number of nitrogens with zero attached hydrogens (tertiary/aromatic N) is 6.